The molecule has 7 atom stereocenters. The molecule has 0 radical (unpaired) electrons. The van der Waals surface area contributed by atoms with Gasteiger partial charge in [0.05, 0.1) is 11.2 Å². The van der Waals surface area contributed by atoms with Gasteiger partial charge in [0.1, 0.15) is 28.4 Å². The molecular weight excluding hydrogens is 600 g/mol. The monoisotopic (exact) mass is 646 g/mol. The molecular formula is C38H46O9. The highest BCUT2D eigenvalue weighted by molar-refractivity contribution is 6.18. The maximum atomic E-state index is 15.0. The van der Waals surface area contributed by atoms with Crippen molar-refractivity contribution in [2.45, 2.75) is 128 Å². The maximum absolute atomic E-state index is 15.0. The molecule has 0 aromatic heterocycles. The Labute approximate surface area is 275 Å². The second-order valence-electron chi connectivity index (χ2n) is 16.4. The number of aliphatic carboxylic acids is 1. The molecule has 0 unspecified atom stereocenters. The van der Waals surface area contributed by atoms with E-state index in [1.165, 1.54) is 13.0 Å². The van der Waals surface area contributed by atoms with Gasteiger partial charge in [0, 0.05) is 46.4 Å². The molecule has 252 valence electrons. The van der Waals surface area contributed by atoms with E-state index in [4.69, 9.17) is 14.2 Å². The highest BCUT2D eigenvalue weighted by Crippen LogP contribution is 2.69. The van der Waals surface area contributed by atoms with Gasteiger partial charge in [-0.15, -0.1) is 0 Å². The van der Waals surface area contributed by atoms with Gasteiger partial charge in [0.15, 0.2) is 22.8 Å². The quantitative estimate of drug-likeness (QED) is 0.246. The van der Waals surface area contributed by atoms with Gasteiger partial charge in [0.25, 0.3) is 0 Å². The maximum Gasteiger partial charge on any atom is 0.330 e. The predicted molar refractivity (Wildman–Crippen MR) is 173 cm³/mol. The van der Waals surface area contributed by atoms with Crippen molar-refractivity contribution >= 4 is 17.5 Å². The minimum atomic E-state index is -1.65. The van der Waals surface area contributed by atoms with Crippen LogP contribution < -0.4 is 9.47 Å². The summed E-state index contributed by atoms with van der Waals surface area (Å²) in [6.07, 6.45) is 7.91. The lowest BCUT2D eigenvalue weighted by Gasteiger charge is -2.57. The van der Waals surface area contributed by atoms with Crippen LogP contribution in [0.2, 0.25) is 0 Å². The number of carbonyl (C=O) groups is 3. The average Bonchev–Trinajstić information content (AvgIpc) is 3.11. The van der Waals surface area contributed by atoms with E-state index in [2.05, 4.69) is 6.92 Å². The first kappa shape index (κ1) is 32.1. The zero-order valence-corrected chi connectivity index (χ0v) is 28.6. The number of hydrogen-bond acceptors (Lipinski definition) is 8. The van der Waals surface area contributed by atoms with Crippen LogP contribution in [0.1, 0.15) is 115 Å². The van der Waals surface area contributed by atoms with Crippen molar-refractivity contribution < 1.29 is 43.9 Å². The first-order chi connectivity index (χ1) is 21.8. The van der Waals surface area contributed by atoms with Crippen LogP contribution in [-0.4, -0.2) is 60.9 Å². The molecule has 0 amide bonds. The molecule has 6 bridgehead atoms. The summed E-state index contributed by atoms with van der Waals surface area (Å²) in [5.41, 5.74) is -3.06. The lowest BCUT2D eigenvalue weighted by molar-refractivity contribution is -0.171. The zero-order valence-electron chi connectivity index (χ0n) is 28.6. The van der Waals surface area contributed by atoms with E-state index in [9.17, 15) is 29.7 Å². The first-order valence-corrected chi connectivity index (χ1v) is 16.8. The smallest absolute Gasteiger partial charge is 0.330 e. The normalized spacial score (nSPS) is 36.0. The molecule has 9 nitrogen and oxygen atoms in total. The number of carboxylic acid groups (broad SMARTS) is 1. The van der Waals surface area contributed by atoms with Crippen molar-refractivity contribution in [2.75, 3.05) is 0 Å². The summed E-state index contributed by atoms with van der Waals surface area (Å²) in [5.74, 6) is -2.74. The topological polar surface area (TPSA) is 140 Å². The van der Waals surface area contributed by atoms with Crippen LogP contribution in [0, 0.1) is 17.8 Å². The number of aliphatic hydroxyl groups is 1. The van der Waals surface area contributed by atoms with Gasteiger partial charge in [-0.25, -0.2) is 4.79 Å². The molecule has 1 saturated heterocycles. The van der Waals surface area contributed by atoms with Crippen LogP contribution in [0.4, 0.5) is 0 Å². The Balaban J connectivity index is 1.52. The number of ether oxygens (including phenoxy) is 3. The van der Waals surface area contributed by atoms with Gasteiger partial charge in [0.2, 0.25) is 0 Å². The van der Waals surface area contributed by atoms with Crippen molar-refractivity contribution in [3.8, 4) is 17.2 Å². The minimum Gasteiger partial charge on any atom is -0.507 e. The lowest BCUT2D eigenvalue weighted by Crippen LogP contribution is -2.72. The Kier molecular flexibility index (Phi) is 6.71. The predicted octanol–water partition coefficient (Wildman–Crippen LogP) is 6.13. The number of benzene rings is 1. The highest BCUT2D eigenvalue weighted by atomic mass is 16.6. The molecule has 3 heterocycles. The number of fused-ring (bicyclic) bond motifs is 5. The number of aromatic hydroxyl groups is 1. The number of phenols is 1. The van der Waals surface area contributed by atoms with Crippen molar-refractivity contribution in [2.24, 2.45) is 17.8 Å². The van der Waals surface area contributed by atoms with Gasteiger partial charge in [-0.1, -0.05) is 23.8 Å². The fourth-order valence-electron chi connectivity index (χ4n) is 9.91. The van der Waals surface area contributed by atoms with E-state index >= 15 is 0 Å². The molecule has 3 aliphatic heterocycles. The average molecular weight is 647 g/mol. The molecule has 4 aliphatic carbocycles. The molecule has 1 aromatic carbocycles. The molecule has 47 heavy (non-hydrogen) atoms. The van der Waals surface area contributed by atoms with E-state index in [0.717, 1.165) is 5.57 Å². The third-order valence-corrected chi connectivity index (χ3v) is 12.1. The van der Waals surface area contributed by atoms with E-state index in [1.807, 2.05) is 33.8 Å². The van der Waals surface area contributed by atoms with Gasteiger partial charge < -0.3 is 29.5 Å². The Hall–Kier alpha value is -3.43. The van der Waals surface area contributed by atoms with Gasteiger partial charge in [-0.05, 0) is 93.4 Å². The second-order valence-corrected chi connectivity index (χ2v) is 16.4. The zero-order chi connectivity index (χ0) is 34.2. The molecule has 3 fully saturated rings. The van der Waals surface area contributed by atoms with Crippen LogP contribution in [0.25, 0.3) is 0 Å². The van der Waals surface area contributed by atoms with Crippen LogP contribution in [-0.2, 0) is 20.7 Å². The molecule has 8 rings (SSSR count). The summed E-state index contributed by atoms with van der Waals surface area (Å²) in [4.78, 5) is 41.2. The summed E-state index contributed by atoms with van der Waals surface area (Å²) >= 11 is 0. The number of Topliss-reactive ketones (excluding diaryl/α,β-unsaturated/α-hetero) is 2. The van der Waals surface area contributed by atoms with Crippen LogP contribution >= 0.6 is 0 Å². The first-order valence-electron chi connectivity index (χ1n) is 16.8. The van der Waals surface area contributed by atoms with Crippen LogP contribution in [0.15, 0.2) is 34.9 Å². The van der Waals surface area contributed by atoms with Crippen LogP contribution in [0.3, 0.4) is 0 Å². The van der Waals surface area contributed by atoms with Crippen molar-refractivity contribution in [3.05, 3.63) is 51.6 Å². The van der Waals surface area contributed by atoms with E-state index < -0.39 is 51.6 Å². The Bertz CT molecular complexity index is 1730. The lowest BCUT2D eigenvalue weighted by atomic mass is 9.51. The Morgan fingerprint density at radius 3 is 2.43 bits per heavy atom. The number of ketones is 2. The SMILES string of the molecule is CC(C)=CCc1c2c(c(O)c3c1O[C@@]1(C)CC[C@H](C(C)(C)O)[C@@H]3C1)C(=O)C1=C[C@@H]3C[C@H]4C(C)(C)O[C@@](C/C=C(/C)C(=O)O)(C3=O)[C@@]14O2. The number of carboxylic acids is 1. The molecule has 9 heteroatoms. The summed E-state index contributed by atoms with van der Waals surface area (Å²) in [6, 6.07) is 0. The molecule has 2 saturated carbocycles. The standard InChI is InChI=1S/C38H46O9/c1-18(2)9-10-21-30-26(22-17-36(8,45-30)13-12-23(22)34(4,5)44)29(40)27-28(39)24-15-20-16-25-35(6,7)47-37(32(20)41,14-11-19(3)33(42)43)38(24,25)46-31(21)27/h9,11,15,20,22-23,25,40,44H,10,12-14,16-17H2,1-8H3,(H,42,43)/b19-11-/t20-,22+,23+,25+,36+,37+,38-/m1/s1. The third kappa shape index (κ3) is 4.17. The molecule has 1 spiro atoms. The van der Waals surface area contributed by atoms with E-state index in [1.54, 1.807) is 19.9 Å². The summed E-state index contributed by atoms with van der Waals surface area (Å²) < 4.78 is 20.8. The number of hydrogen-bond donors (Lipinski definition) is 3. The highest BCUT2D eigenvalue weighted by Gasteiger charge is 2.81. The fourth-order valence-corrected chi connectivity index (χ4v) is 9.91. The number of allylic oxidation sites excluding steroid dienone is 3. The van der Waals surface area contributed by atoms with Crippen molar-refractivity contribution in [1.82, 2.24) is 0 Å². The number of carbonyl (C=O) groups excluding carboxylic acids is 2. The van der Waals surface area contributed by atoms with Gasteiger partial charge >= 0.3 is 5.97 Å². The second kappa shape index (κ2) is 9.82. The van der Waals surface area contributed by atoms with Crippen LogP contribution in [0.5, 0.6) is 17.2 Å². The largest absolute Gasteiger partial charge is 0.507 e. The molecule has 7 aliphatic rings. The summed E-state index contributed by atoms with van der Waals surface area (Å²) in [7, 11) is 0. The number of phenolic OH excluding ortho intramolecular Hbond substituents is 1. The minimum absolute atomic E-state index is 0.0506. The van der Waals surface area contributed by atoms with E-state index in [-0.39, 0.29) is 52.2 Å². The number of rotatable bonds is 6. The van der Waals surface area contributed by atoms with Crippen molar-refractivity contribution in [3.63, 3.8) is 0 Å². The Morgan fingerprint density at radius 2 is 1.79 bits per heavy atom. The van der Waals surface area contributed by atoms with Gasteiger partial charge in [-0.2, -0.15) is 0 Å². The summed E-state index contributed by atoms with van der Waals surface area (Å²) in [6.45, 7) is 14.9. The molecule has 3 N–H and O–H groups in total. The third-order valence-electron chi connectivity index (χ3n) is 12.1. The fraction of sp³-hybridized carbons (Fsp3) is 0.605. The van der Waals surface area contributed by atoms with E-state index in [0.29, 0.717) is 49.0 Å². The molecule has 1 aromatic rings. The summed E-state index contributed by atoms with van der Waals surface area (Å²) in [5, 5.41) is 33.2. The van der Waals surface area contributed by atoms with Gasteiger partial charge in [-0.3, -0.25) is 9.59 Å². The Morgan fingerprint density at radius 1 is 1.09 bits per heavy atom. The van der Waals surface area contributed by atoms with Crippen molar-refractivity contribution in [1.29, 1.82) is 0 Å².